The van der Waals surface area contributed by atoms with Gasteiger partial charge in [0.15, 0.2) is 0 Å². The summed E-state index contributed by atoms with van der Waals surface area (Å²) >= 11 is 0. The molecule has 0 bridgehead atoms. The summed E-state index contributed by atoms with van der Waals surface area (Å²) in [5.41, 5.74) is 2.07. The van der Waals surface area contributed by atoms with Crippen LogP contribution in [0.3, 0.4) is 0 Å². The van der Waals surface area contributed by atoms with Crippen molar-refractivity contribution in [1.29, 1.82) is 0 Å². The van der Waals surface area contributed by atoms with Gasteiger partial charge in [0.05, 0.1) is 23.3 Å². The molecule has 88 valence electrons. The van der Waals surface area contributed by atoms with E-state index in [0.29, 0.717) is 6.04 Å². The van der Waals surface area contributed by atoms with E-state index in [1.54, 1.807) is 6.20 Å². The van der Waals surface area contributed by atoms with Crippen molar-refractivity contribution in [3.8, 4) is 0 Å². The van der Waals surface area contributed by atoms with Gasteiger partial charge in [0, 0.05) is 6.20 Å². The van der Waals surface area contributed by atoms with Gasteiger partial charge in [-0.3, -0.25) is 4.98 Å². The van der Waals surface area contributed by atoms with Crippen molar-refractivity contribution in [3.63, 3.8) is 0 Å². The molecule has 2 aromatic rings. The molecule has 3 unspecified atom stereocenters. The number of nitrogens with one attached hydrogen (secondary N) is 2. The number of fused-ring (bicyclic) bond motifs is 2. The Bertz CT molecular complexity index is 514. The second-order valence-electron chi connectivity index (χ2n) is 5.26. The highest BCUT2D eigenvalue weighted by molar-refractivity contribution is 5.73. The quantitative estimate of drug-likeness (QED) is 0.785. The predicted molar refractivity (Wildman–Crippen MR) is 65.5 cm³/mol. The van der Waals surface area contributed by atoms with Gasteiger partial charge < -0.3 is 10.3 Å². The van der Waals surface area contributed by atoms with E-state index in [4.69, 9.17) is 4.98 Å². The molecule has 0 amide bonds. The molecule has 1 aliphatic heterocycles. The lowest BCUT2D eigenvalue weighted by Crippen LogP contribution is -2.18. The molecule has 2 aliphatic rings. The fourth-order valence-electron chi connectivity index (χ4n) is 3.51. The van der Waals surface area contributed by atoms with E-state index in [1.165, 1.54) is 19.3 Å². The van der Waals surface area contributed by atoms with Crippen LogP contribution >= 0.6 is 0 Å². The van der Waals surface area contributed by atoms with Crippen LogP contribution in [-0.4, -0.2) is 21.5 Å². The van der Waals surface area contributed by atoms with Crippen LogP contribution in [0.4, 0.5) is 0 Å². The Morgan fingerprint density at radius 1 is 1.29 bits per heavy atom. The summed E-state index contributed by atoms with van der Waals surface area (Å²) in [6.07, 6.45) is 7.77. The van der Waals surface area contributed by atoms with Crippen LogP contribution in [0, 0.1) is 11.8 Å². The lowest BCUT2D eigenvalue weighted by molar-refractivity contribution is 0.410. The Morgan fingerprint density at radius 3 is 3.24 bits per heavy atom. The molecule has 17 heavy (non-hydrogen) atoms. The van der Waals surface area contributed by atoms with E-state index in [0.717, 1.165) is 35.2 Å². The molecule has 4 rings (SSSR count). The van der Waals surface area contributed by atoms with Gasteiger partial charge in [0.1, 0.15) is 5.82 Å². The third kappa shape index (κ3) is 1.40. The van der Waals surface area contributed by atoms with E-state index in [-0.39, 0.29) is 0 Å². The van der Waals surface area contributed by atoms with Crippen LogP contribution in [0.2, 0.25) is 0 Å². The standard InChI is InChI=1S/C13H16N4/c1-2-8-6-15-12(9(8)3-1)13-16-10-4-5-14-7-11(10)17-13/h4-5,7-9,12,15H,1-3,6H2,(H,16,17). The normalized spacial score (nSPS) is 32.1. The van der Waals surface area contributed by atoms with Gasteiger partial charge in [-0.2, -0.15) is 0 Å². The summed E-state index contributed by atoms with van der Waals surface area (Å²) in [7, 11) is 0. The number of aromatic nitrogens is 3. The molecule has 3 atom stereocenters. The van der Waals surface area contributed by atoms with Gasteiger partial charge in [-0.05, 0) is 37.3 Å². The molecule has 0 aromatic carbocycles. The summed E-state index contributed by atoms with van der Waals surface area (Å²) in [6, 6.07) is 2.39. The molecule has 3 heterocycles. The van der Waals surface area contributed by atoms with Gasteiger partial charge in [-0.1, -0.05) is 6.42 Å². The zero-order valence-electron chi connectivity index (χ0n) is 9.69. The SMILES string of the molecule is c1cc2nc(C3NCC4CCCC43)[nH]c2cn1. The largest absolute Gasteiger partial charge is 0.339 e. The Labute approximate surface area is 99.9 Å². The van der Waals surface area contributed by atoms with Crippen LogP contribution in [0.5, 0.6) is 0 Å². The van der Waals surface area contributed by atoms with E-state index >= 15 is 0 Å². The molecule has 1 saturated carbocycles. The molecule has 1 saturated heterocycles. The molecule has 2 aromatic heterocycles. The number of H-pyrrole nitrogens is 1. The highest BCUT2D eigenvalue weighted by atomic mass is 15.1. The zero-order chi connectivity index (χ0) is 11.2. The Balaban J connectivity index is 1.74. The number of rotatable bonds is 1. The van der Waals surface area contributed by atoms with Crippen LogP contribution in [-0.2, 0) is 0 Å². The third-order valence-corrected chi connectivity index (χ3v) is 4.34. The fraction of sp³-hybridized carbons (Fsp3) is 0.538. The van der Waals surface area contributed by atoms with Crippen molar-refractivity contribution in [1.82, 2.24) is 20.3 Å². The molecule has 2 fully saturated rings. The summed E-state index contributed by atoms with van der Waals surface area (Å²) in [6.45, 7) is 1.16. The molecule has 1 aliphatic carbocycles. The smallest absolute Gasteiger partial charge is 0.124 e. The first-order valence-corrected chi connectivity index (χ1v) is 6.45. The summed E-state index contributed by atoms with van der Waals surface area (Å²) in [5, 5.41) is 3.62. The van der Waals surface area contributed by atoms with E-state index in [9.17, 15) is 0 Å². The van der Waals surface area contributed by atoms with Crippen molar-refractivity contribution in [2.75, 3.05) is 6.54 Å². The van der Waals surface area contributed by atoms with Gasteiger partial charge in [0.2, 0.25) is 0 Å². The maximum Gasteiger partial charge on any atom is 0.124 e. The molecule has 0 spiro atoms. The lowest BCUT2D eigenvalue weighted by Gasteiger charge is -2.15. The molecule has 4 nitrogen and oxygen atoms in total. The molecule has 4 heteroatoms. The monoisotopic (exact) mass is 228 g/mol. The van der Waals surface area contributed by atoms with Gasteiger partial charge in [0.25, 0.3) is 0 Å². The van der Waals surface area contributed by atoms with Gasteiger partial charge in [-0.15, -0.1) is 0 Å². The first-order valence-electron chi connectivity index (χ1n) is 6.45. The average Bonchev–Trinajstić information content (AvgIpc) is 3.02. The van der Waals surface area contributed by atoms with Crippen molar-refractivity contribution in [3.05, 3.63) is 24.3 Å². The Hall–Kier alpha value is -1.42. The number of hydrogen-bond acceptors (Lipinski definition) is 3. The second-order valence-corrected chi connectivity index (χ2v) is 5.26. The van der Waals surface area contributed by atoms with E-state index in [2.05, 4.69) is 15.3 Å². The maximum absolute atomic E-state index is 4.70. The molecular weight excluding hydrogens is 212 g/mol. The number of aromatic amines is 1. The number of pyridine rings is 1. The van der Waals surface area contributed by atoms with E-state index < -0.39 is 0 Å². The lowest BCUT2D eigenvalue weighted by atomic mass is 9.94. The summed E-state index contributed by atoms with van der Waals surface area (Å²) in [5.74, 6) is 2.75. The Morgan fingerprint density at radius 2 is 2.29 bits per heavy atom. The molecule has 0 radical (unpaired) electrons. The minimum absolute atomic E-state index is 0.426. The first kappa shape index (κ1) is 9.59. The van der Waals surface area contributed by atoms with Crippen molar-refractivity contribution in [2.45, 2.75) is 25.3 Å². The Kier molecular flexibility index (Phi) is 1.99. The summed E-state index contributed by atoms with van der Waals surface area (Å²) in [4.78, 5) is 12.2. The minimum atomic E-state index is 0.426. The van der Waals surface area contributed by atoms with E-state index in [1.807, 2.05) is 12.3 Å². The topological polar surface area (TPSA) is 53.6 Å². The third-order valence-electron chi connectivity index (χ3n) is 4.34. The molecular formula is C13H16N4. The summed E-state index contributed by atoms with van der Waals surface area (Å²) < 4.78 is 0. The highest BCUT2D eigenvalue weighted by Crippen LogP contribution is 2.43. The van der Waals surface area contributed by atoms with Crippen LogP contribution in [0.1, 0.15) is 31.1 Å². The highest BCUT2D eigenvalue weighted by Gasteiger charge is 2.40. The predicted octanol–water partition coefficient (Wildman–Crippen LogP) is 2.02. The zero-order valence-corrected chi connectivity index (χ0v) is 9.69. The van der Waals surface area contributed by atoms with Crippen LogP contribution in [0.15, 0.2) is 18.5 Å². The van der Waals surface area contributed by atoms with Crippen molar-refractivity contribution < 1.29 is 0 Å². The average molecular weight is 228 g/mol. The van der Waals surface area contributed by atoms with Crippen LogP contribution < -0.4 is 5.32 Å². The maximum atomic E-state index is 4.70. The number of nitrogens with zero attached hydrogens (tertiary/aromatic N) is 2. The fourth-order valence-corrected chi connectivity index (χ4v) is 3.51. The van der Waals surface area contributed by atoms with Crippen molar-refractivity contribution in [2.24, 2.45) is 11.8 Å². The second kappa shape index (κ2) is 3.53. The number of imidazole rings is 1. The van der Waals surface area contributed by atoms with Gasteiger partial charge >= 0.3 is 0 Å². The van der Waals surface area contributed by atoms with Crippen LogP contribution in [0.25, 0.3) is 11.0 Å². The minimum Gasteiger partial charge on any atom is -0.339 e. The molecule has 2 N–H and O–H groups in total. The van der Waals surface area contributed by atoms with Gasteiger partial charge in [-0.25, -0.2) is 4.98 Å². The first-order chi connectivity index (χ1) is 8.42. The number of hydrogen-bond donors (Lipinski definition) is 2. The van der Waals surface area contributed by atoms with Crippen molar-refractivity contribution >= 4 is 11.0 Å².